The number of halogens is 2. The molecule has 3 rings (SSSR count). The Morgan fingerprint density at radius 3 is 2.79 bits per heavy atom. The number of pyridine rings is 1. The minimum atomic E-state index is -2.42. The van der Waals surface area contributed by atoms with Crippen molar-refractivity contribution in [3.63, 3.8) is 0 Å². The van der Waals surface area contributed by atoms with Crippen molar-refractivity contribution in [2.75, 3.05) is 13.1 Å². The Morgan fingerprint density at radius 2 is 2.12 bits per heavy atom. The van der Waals surface area contributed by atoms with Crippen molar-refractivity contribution >= 4 is 21.6 Å². The van der Waals surface area contributed by atoms with Crippen molar-refractivity contribution in [3.8, 4) is 0 Å². The van der Waals surface area contributed by atoms with E-state index >= 15 is 0 Å². The van der Waals surface area contributed by atoms with Gasteiger partial charge in [-0.25, -0.2) is 13.8 Å². The molecule has 0 radical (unpaired) electrons. The first kappa shape index (κ1) is 17.7. The number of alkyl halides is 2. The summed E-state index contributed by atoms with van der Waals surface area (Å²) in [6.07, 6.45) is -0.229. The summed E-state index contributed by atoms with van der Waals surface area (Å²) in [5, 5.41) is 4.42. The van der Waals surface area contributed by atoms with Crippen LogP contribution in [-0.2, 0) is 0 Å². The van der Waals surface area contributed by atoms with Gasteiger partial charge in [-0.3, -0.25) is 4.90 Å². The molecule has 1 unspecified atom stereocenters. The Labute approximate surface area is 146 Å². The van der Waals surface area contributed by atoms with Gasteiger partial charge in [0.2, 0.25) is 0 Å². The van der Waals surface area contributed by atoms with E-state index < -0.39 is 6.43 Å². The molecule has 1 aliphatic heterocycles. The third-order valence-electron chi connectivity index (χ3n) is 5.07. The van der Waals surface area contributed by atoms with Gasteiger partial charge in [-0.05, 0) is 31.9 Å². The van der Waals surface area contributed by atoms with Gasteiger partial charge in [-0.1, -0.05) is 19.9 Å². The first-order chi connectivity index (χ1) is 11.5. The maximum atomic E-state index is 12.9. The molecular weight excluding hydrogens is 328 g/mol. The molecule has 0 spiro atoms. The Hall–Kier alpha value is -1.11. The summed E-state index contributed by atoms with van der Waals surface area (Å²) in [5.41, 5.74) is 0.973. The van der Waals surface area contributed by atoms with Crippen LogP contribution in [0.1, 0.15) is 56.7 Å². The second-order valence-corrected chi connectivity index (χ2v) is 7.59. The molecule has 3 atom stereocenters. The fourth-order valence-electron chi connectivity index (χ4n) is 3.48. The molecule has 2 aromatic heterocycles. The van der Waals surface area contributed by atoms with Crippen LogP contribution in [0.5, 0.6) is 0 Å². The zero-order chi connectivity index (χ0) is 17.3. The highest BCUT2D eigenvalue weighted by molar-refractivity contribution is 7.18. The number of nitrogens with zero attached hydrogens (tertiary/aromatic N) is 2. The number of aromatic nitrogens is 1. The predicted molar refractivity (Wildman–Crippen MR) is 95.9 cm³/mol. The van der Waals surface area contributed by atoms with E-state index in [9.17, 15) is 8.78 Å². The quantitative estimate of drug-likeness (QED) is 0.840. The Bertz CT molecular complexity index is 688. The van der Waals surface area contributed by atoms with Gasteiger partial charge in [0.1, 0.15) is 4.83 Å². The predicted octanol–water partition coefficient (Wildman–Crippen LogP) is 4.76. The maximum Gasteiger partial charge on any atom is 0.272 e. The molecule has 0 saturated carbocycles. The third-order valence-corrected chi connectivity index (χ3v) is 6.12. The van der Waals surface area contributed by atoms with Crippen LogP contribution in [0.25, 0.3) is 10.2 Å². The second kappa shape index (κ2) is 7.42. The first-order valence-corrected chi connectivity index (χ1v) is 9.52. The lowest BCUT2D eigenvalue weighted by atomic mass is 10.0. The zero-order valence-electron chi connectivity index (χ0n) is 14.4. The van der Waals surface area contributed by atoms with Gasteiger partial charge < -0.3 is 5.32 Å². The molecule has 0 aromatic carbocycles. The fourth-order valence-corrected chi connectivity index (χ4v) is 4.37. The van der Waals surface area contributed by atoms with Crippen LogP contribution in [0.15, 0.2) is 18.2 Å². The van der Waals surface area contributed by atoms with Gasteiger partial charge in [-0.2, -0.15) is 0 Å². The Morgan fingerprint density at radius 1 is 1.33 bits per heavy atom. The highest BCUT2D eigenvalue weighted by Crippen LogP contribution is 2.33. The van der Waals surface area contributed by atoms with Crippen LogP contribution in [-0.4, -0.2) is 35.1 Å². The molecule has 3 heterocycles. The molecule has 132 valence electrons. The summed E-state index contributed by atoms with van der Waals surface area (Å²) in [5.74, 6) is 0. The number of rotatable bonds is 5. The molecule has 3 nitrogen and oxygen atoms in total. The zero-order valence-corrected chi connectivity index (χ0v) is 15.2. The normalized spacial score (nSPS) is 23.9. The monoisotopic (exact) mass is 353 g/mol. The molecule has 1 saturated heterocycles. The number of hydrogen-bond acceptors (Lipinski definition) is 4. The van der Waals surface area contributed by atoms with Crippen LogP contribution in [0.4, 0.5) is 8.78 Å². The molecule has 1 aliphatic rings. The van der Waals surface area contributed by atoms with E-state index in [0.29, 0.717) is 16.9 Å². The van der Waals surface area contributed by atoms with Crippen molar-refractivity contribution in [1.82, 2.24) is 15.2 Å². The van der Waals surface area contributed by atoms with E-state index in [1.807, 2.05) is 12.1 Å². The molecule has 24 heavy (non-hydrogen) atoms. The van der Waals surface area contributed by atoms with Gasteiger partial charge in [0.15, 0.2) is 0 Å². The number of piperazine rings is 1. The number of nitrogens with one attached hydrogen (secondary N) is 1. The Balaban J connectivity index is 1.87. The molecule has 0 aliphatic carbocycles. The van der Waals surface area contributed by atoms with Gasteiger partial charge in [0, 0.05) is 36.6 Å². The van der Waals surface area contributed by atoms with E-state index in [-0.39, 0.29) is 10.9 Å². The molecule has 2 aromatic rings. The van der Waals surface area contributed by atoms with Crippen molar-refractivity contribution < 1.29 is 8.78 Å². The number of hydrogen-bond donors (Lipinski definition) is 1. The summed E-state index contributed by atoms with van der Waals surface area (Å²) in [4.78, 5) is 8.02. The minimum absolute atomic E-state index is 0.0990. The molecule has 0 bridgehead atoms. The van der Waals surface area contributed by atoms with Crippen LogP contribution in [0.2, 0.25) is 0 Å². The largest absolute Gasteiger partial charge is 0.311 e. The van der Waals surface area contributed by atoms with Crippen molar-refractivity contribution in [1.29, 1.82) is 0 Å². The van der Waals surface area contributed by atoms with E-state index in [4.69, 9.17) is 4.98 Å². The van der Waals surface area contributed by atoms with Crippen molar-refractivity contribution in [2.45, 2.75) is 58.2 Å². The van der Waals surface area contributed by atoms with Crippen LogP contribution < -0.4 is 5.32 Å². The van der Waals surface area contributed by atoms with Crippen LogP contribution >= 0.6 is 11.3 Å². The average molecular weight is 353 g/mol. The summed E-state index contributed by atoms with van der Waals surface area (Å²) < 4.78 is 25.8. The molecular formula is C18H25F2N3S. The van der Waals surface area contributed by atoms with E-state index in [1.165, 1.54) is 0 Å². The molecule has 0 amide bonds. The lowest BCUT2D eigenvalue weighted by Gasteiger charge is -2.43. The summed E-state index contributed by atoms with van der Waals surface area (Å²) in [7, 11) is 0. The molecule has 1 N–H and O–H groups in total. The van der Waals surface area contributed by atoms with E-state index in [0.717, 1.165) is 48.3 Å². The maximum absolute atomic E-state index is 12.9. The topological polar surface area (TPSA) is 28.2 Å². The molecule has 1 fully saturated rings. The van der Waals surface area contributed by atoms with E-state index in [1.54, 1.807) is 6.07 Å². The van der Waals surface area contributed by atoms with Gasteiger partial charge in [-0.15, -0.1) is 11.3 Å². The standard InChI is InChI=1S/C18H25F2N3S/c1-4-13-10-23(14(5-2)9-21-13)11(3)15-7-6-12-8-16(17(19)20)24-18(12)22-15/h6-8,11,13-14,17,21H,4-5,9-10H2,1-3H3/t11?,13-,14+/m0/s1. The number of fused-ring (bicyclic) bond motifs is 1. The first-order valence-electron chi connectivity index (χ1n) is 8.71. The summed E-state index contributed by atoms with van der Waals surface area (Å²) in [6, 6.07) is 6.65. The summed E-state index contributed by atoms with van der Waals surface area (Å²) in [6.45, 7) is 8.59. The van der Waals surface area contributed by atoms with Crippen molar-refractivity contribution in [2.24, 2.45) is 0 Å². The SMILES string of the molecule is CC[C@H]1CN(C(C)c2ccc3cc(C(F)F)sc3n2)[C@H](CC)CN1. The highest BCUT2D eigenvalue weighted by atomic mass is 32.1. The Kier molecular flexibility index (Phi) is 5.47. The van der Waals surface area contributed by atoms with Gasteiger partial charge in [0.05, 0.1) is 10.6 Å². The molecule has 6 heteroatoms. The average Bonchev–Trinajstić information content (AvgIpc) is 3.04. The van der Waals surface area contributed by atoms with Gasteiger partial charge >= 0.3 is 0 Å². The third kappa shape index (κ3) is 3.46. The lowest BCUT2D eigenvalue weighted by Crippen LogP contribution is -2.56. The van der Waals surface area contributed by atoms with Crippen LogP contribution in [0.3, 0.4) is 0 Å². The van der Waals surface area contributed by atoms with E-state index in [2.05, 4.69) is 31.0 Å². The van der Waals surface area contributed by atoms with Crippen LogP contribution in [0, 0.1) is 0 Å². The van der Waals surface area contributed by atoms with Gasteiger partial charge in [0.25, 0.3) is 6.43 Å². The smallest absolute Gasteiger partial charge is 0.272 e. The summed E-state index contributed by atoms with van der Waals surface area (Å²) >= 11 is 1.10. The highest BCUT2D eigenvalue weighted by Gasteiger charge is 2.30. The minimum Gasteiger partial charge on any atom is -0.311 e. The lowest BCUT2D eigenvalue weighted by molar-refractivity contribution is 0.0833. The van der Waals surface area contributed by atoms with Crippen molar-refractivity contribution in [3.05, 3.63) is 28.8 Å². The fraction of sp³-hybridized carbons (Fsp3) is 0.611. The second-order valence-electron chi connectivity index (χ2n) is 6.53. The number of thiophene rings is 1.